The third kappa shape index (κ3) is 6.37. The molecule has 0 saturated carbocycles. The van der Waals surface area contributed by atoms with Crippen LogP contribution in [-0.4, -0.2) is 10.4 Å². The molecule has 0 aromatic heterocycles. The van der Waals surface area contributed by atoms with Crippen molar-refractivity contribution >= 4 is 33.7 Å². The SMILES string of the molecule is O=C([S])CCCCBr. The summed E-state index contributed by atoms with van der Waals surface area (Å²) in [5.41, 5.74) is 0. The molecule has 0 spiro atoms. The van der Waals surface area contributed by atoms with E-state index < -0.39 is 0 Å². The van der Waals surface area contributed by atoms with Crippen LogP contribution in [0.1, 0.15) is 19.3 Å². The first-order chi connectivity index (χ1) is 3.77. The van der Waals surface area contributed by atoms with Crippen LogP contribution in [0.5, 0.6) is 0 Å². The summed E-state index contributed by atoms with van der Waals surface area (Å²) in [5, 5.41) is 0.848. The lowest BCUT2D eigenvalue weighted by atomic mass is 10.3. The first-order valence-electron chi connectivity index (χ1n) is 2.53. The molecule has 0 aliphatic rings. The Morgan fingerprint density at radius 1 is 1.50 bits per heavy atom. The Morgan fingerprint density at radius 3 is 2.50 bits per heavy atom. The highest BCUT2D eigenvalue weighted by atomic mass is 79.9. The maximum Gasteiger partial charge on any atom is 0.218 e. The molecule has 0 unspecified atom stereocenters. The maximum atomic E-state index is 10.1. The van der Waals surface area contributed by atoms with Gasteiger partial charge in [0.15, 0.2) is 0 Å². The van der Waals surface area contributed by atoms with Crippen molar-refractivity contribution in [2.45, 2.75) is 19.3 Å². The van der Waals surface area contributed by atoms with Crippen LogP contribution in [0.4, 0.5) is 0 Å². The first kappa shape index (κ1) is 8.37. The molecule has 0 aliphatic heterocycles. The smallest absolute Gasteiger partial charge is 0.218 e. The number of unbranched alkanes of at least 4 members (excludes halogenated alkanes) is 1. The molecule has 8 heavy (non-hydrogen) atoms. The minimum absolute atomic E-state index is 0.119. The van der Waals surface area contributed by atoms with Crippen molar-refractivity contribution < 1.29 is 4.79 Å². The van der Waals surface area contributed by atoms with Crippen molar-refractivity contribution in [1.29, 1.82) is 0 Å². The molecule has 0 atom stereocenters. The van der Waals surface area contributed by atoms with E-state index in [-0.39, 0.29) is 5.12 Å². The van der Waals surface area contributed by atoms with Gasteiger partial charge in [-0.05, 0) is 25.5 Å². The van der Waals surface area contributed by atoms with Crippen LogP contribution in [0, 0.1) is 0 Å². The zero-order valence-electron chi connectivity index (χ0n) is 4.52. The zero-order valence-corrected chi connectivity index (χ0v) is 6.93. The van der Waals surface area contributed by atoms with Crippen LogP contribution >= 0.6 is 28.6 Å². The van der Waals surface area contributed by atoms with E-state index in [9.17, 15) is 4.79 Å². The van der Waals surface area contributed by atoms with Gasteiger partial charge in [-0.3, -0.25) is 4.79 Å². The summed E-state index contributed by atoms with van der Waals surface area (Å²) >= 11 is 7.59. The van der Waals surface area contributed by atoms with Gasteiger partial charge in [0, 0.05) is 11.8 Å². The molecule has 3 heteroatoms. The molecule has 1 radical (unpaired) electrons. The van der Waals surface area contributed by atoms with Gasteiger partial charge < -0.3 is 0 Å². The lowest BCUT2D eigenvalue weighted by Crippen LogP contribution is -1.85. The highest BCUT2D eigenvalue weighted by Gasteiger charge is 1.92. The number of hydrogen-bond donors (Lipinski definition) is 0. The van der Waals surface area contributed by atoms with Gasteiger partial charge >= 0.3 is 0 Å². The van der Waals surface area contributed by atoms with Gasteiger partial charge in [0.2, 0.25) is 5.12 Å². The highest BCUT2D eigenvalue weighted by Crippen LogP contribution is 2.00. The van der Waals surface area contributed by atoms with E-state index in [2.05, 4.69) is 28.6 Å². The summed E-state index contributed by atoms with van der Waals surface area (Å²) in [6, 6.07) is 0. The normalized spacial score (nSPS) is 9.12. The largest absolute Gasteiger partial charge is 0.282 e. The van der Waals surface area contributed by atoms with Crippen LogP contribution < -0.4 is 0 Å². The fourth-order valence-electron chi connectivity index (χ4n) is 0.364. The fourth-order valence-corrected chi connectivity index (χ4v) is 0.905. The average Bonchev–Trinajstić information content (AvgIpc) is 1.66. The van der Waals surface area contributed by atoms with Gasteiger partial charge in [0.25, 0.3) is 0 Å². The second-order valence-electron chi connectivity index (χ2n) is 1.52. The number of carbonyl (C=O) groups is 1. The maximum absolute atomic E-state index is 10.1. The minimum atomic E-state index is -0.119. The number of alkyl halides is 1. The molecule has 0 heterocycles. The van der Waals surface area contributed by atoms with Gasteiger partial charge in [-0.25, -0.2) is 0 Å². The van der Waals surface area contributed by atoms with Gasteiger partial charge in [0.1, 0.15) is 0 Å². The zero-order chi connectivity index (χ0) is 6.41. The second kappa shape index (κ2) is 5.51. The first-order valence-corrected chi connectivity index (χ1v) is 4.06. The Kier molecular flexibility index (Phi) is 5.76. The van der Waals surface area contributed by atoms with Crippen molar-refractivity contribution in [2.75, 3.05) is 5.33 Å². The van der Waals surface area contributed by atoms with E-state index in [4.69, 9.17) is 0 Å². The number of carbonyl (C=O) groups excluding carboxylic acids is 1. The standard InChI is InChI=1S/C5H8BrOS/c6-4-2-1-3-5(7)8/h1-4H2. The van der Waals surface area contributed by atoms with Crippen LogP contribution in [0.25, 0.3) is 0 Å². The molecule has 0 bridgehead atoms. The van der Waals surface area contributed by atoms with E-state index >= 15 is 0 Å². The molecular weight excluding hydrogens is 188 g/mol. The van der Waals surface area contributed by atoms with Crippen molar-refractivity contribution in [3.05, 3.63) is 0 Å². The minimum Gasteiger partial charge on any atom is -0.282 e. The van der Waals surface area contributed by atoms with E-state index in [1.165, 1.54) is 0 Å². The topological polar surface area (TPSA) is 17.1 Å². The summed E-state index contributed by atoms with van der Waals surface area (Å²) in [6.45, 7) is 0. The second-order valence-corrected chi connectivity index (χ2v) is 2.77. The van der Waals surface area contributed by atoms with Gasteiger partial charge in [-0.2, -0.15) is 0 Å². The van der Waals surface area contributed by atoms with E-state index in [0.717, 1.165) is 18.2 Å². The van der Waals surface area contributed by atoms with Crippen molar-refractivity contribution in [3.8, 4) is 0 Å². The van der Waals surface area contributed by atoms with Crippen LogP contribution in [0.2, 0.25) is 0 Å². The van der Waals surface area contributed by atoms with Crippen molar-refractivity contribution in [1.82, 2.24) is 0 Å². The Balaban J connectivity index is 2.82. The summed E-state index contributed by atoms with van der Waals surface area (Å²) in [6.07, 6.45) is 2.52. The molecule has 0 rings (SSSR count). The molecule has 0 aromatic carbocycles. The summed E-state index contributed by atoms with van der Waals surface area (Å²) in [4.78, 5) is 10.1. The Hall–Kier alpha value is 0.370. The van der Waals surface area contributed by atoms with E-state index in [0.29, 0.717) is 6.42 Å². The van der Waals surface area contributed by atoms with Gasteiger partial charge in [-0.15, -0.1) is 0 Å². The Labute approximate surface area is 63.4 Å². The summed E-state index contributed by atoms with van der Waals surface area (Å²) in [7, 11) is 0. The third-order valence-electron chi connectivity index (χ3n) is 0.765. The molecule has 0 aliphatic carbocycles. The molecular formula is C5H8BrOS. The Morgan fingerprint density at radius 2 is 2.12 bits per heavy atom. The molecule has 0 fully saturated rings. The lowest BCUT2D eigenvalue weighted by Gasteiger charge is -1.88. The lowest BCUT2D eigenvalue weighted by molar-refractivity contribution is -0.110. The van der Waals surface area contributed by atoms with Crippen molar-refractivity contribution in [3.63, 3.8) is 0 Å². The molecule has 0 saturated heterocycles. The predicted molar refractivity (Wildman–Crippen MR) is 40.2 cm³/mol. The fraction of sp³-hybridized carbons (Fsp3) is 0.800. The summed E-state index contributed by atoms with van der Waals surface area (Å²) in [5.74, 6) is 0. The molecule has 0 N–H and O–H groups in total. The van der Waals surface area contributed by atoms with E-state index in [1.807, 2.05) is 0 Å². The highest BCUT2D eigenvalue weighted by molar-refractivity contribution is 9.09. The van der Waals surface area contributed by atoms with Crippen LogP contribution in [-0.2, 0) is 4.79 Å². The molecule has 1 nitrogen and oxygen atoms in total. The molecule has 47 valence electrons. The average molecular weight is 196 g/mol. The van der Waals surface area contributed by atoms with Crippen LogP contribution in [0.3, 0.4) is 0 Å². The predicted octanol–water partition coefficient (Wildman–Crippen LogP) is 2.28. The molecule has 0 amide bonds. The van der Waals surface area contributed by atoms with Crippen molar-refractivity contribution in [2.24, 2.45) is 0 Å². The third-order valence-corrected chi connectivity index (χ3v) is 1.53. The number of hydrogen-bond acceptors (Lipinski definition) is 1. The number of halogens is 1. The summed E-state index contributed by atoms with van der Waals surface area (Å²) < 4.78 is 0. The Bertz CT molecular complexity index is 74.8. The van der Waals surface area contributed by atoms with Gasteiger partial charge in [0.05, 0.1) is 0 Å². The number of rotatable bonds is 4. The van der Waals surface area contributed by atoms with Gasteiger partial charge in [-0.1, -0.05) is 15.9 Å². The van der Waals surface area contributed by atoms with Crippen LogP contribution in [0.15, 0.2) is 0 Å². The monoisotopic (exact) mass is 195 g/mol. The van der Waals surface area contributed by atoms with E-state index in [1.54, 1.807) is 0 Å². The quantitative estimate of drug-likeness (QED) is 0.498. The molecule has 0 aromatic rings.